The van der Waals surface area contributed by atoms with Gasteiger partial charge in [-0.05, 0) is 64.4 Å². The molecule has 4 heteroatoms. The fraction of sp³-hybridized carbons (Fsp3) is 0.588. The van der Waals surface area contributed by atoms with Crippen LogP contribution in [0.2, 0.25) is 0 Å². The average Bonchev–Trinajstić information content (AvgIpc) is 2.38. The van der Waals surface area contributed by atoms with Crippen LogP contribution in [0.3, 0.4) is 0 Å². The molecule has 0 bridgehead atoms. The highest BCUT2D eigenvalue weighted by Crippen LogP contribution is 2.13. The lowest BCUT2D eigenvalue weighted by Gasteiger charge is -2.19. The molecule has 0 aromatic heterocycles. The first-order valence-electron chi connectivity index (χ1n) is 7.70. The Hall–Kier alpha value is -1.55. The van der Waals surface area contributed by atoms with Crippen LogP contribution in [0.15, 0.2) is 24.3 Å². The summed E-state index contributed by atoms with van der Waals surface area (Å²) in [5.74, 6) is 0. The highest BCUT2D eigenvalue weighted by Gasteiger charge is 2.15. The molecule has 118 valence electrons. The van der Waals surface area contributed by atoms with Crippen LogP contribution in [0.1, 0.15) is 46.1 Å². The molecule has 0 aliphatic carbocycles. The summed E-state index contributed by atoms with van der Waals surface area (Å²) in [6.07, 6.45) is 3.02. The van der Waals surface area contributed by atoms with E-state index in [0.717, 1.165) is 25.2 Å². The Kier molecular flexibility index (Phi) is 7.23. The summed E-state index contributed by atoms with van der Waals surface area (Å²) in [4.78, 5) is 11.6. The van der Waals surface area contributed by atoms with Gasteiger partial charge in [-0.1, -0.05) is 25.5 Å². The molecule has 0 saturated heterocycles. The smallest absolute Gasteiger partial charge is 0.412 e. The highest BCUT2D eigenvalue weighted by molar-refractivity contribution is 5.84. The van der Waals surface area contributed by atoms with Gasteiger partial charge in [-0.3, -0.25) is 5.32 Å². The number of carbonyl (C=O) groups is 1. The van der Waals surface area contributed by atoms with E-state index >= 15 is 0 Å². The first kappa shape index (κ1) is 17.5. The van der Waals surface area contributed by atoms with Gasteiger partial charge in [-0.25, -0.2) is 4.79 Å². The molecule has 1 rings (SSSR count). The molecule has 0 spiro atoms. The van der Waals surface area contributed by atoms with Gasteiger partial charge in [-0.15, -0.1) is 0 Å². The molecular formula is C17H28N2O2. The second-order valence-corrected chi connectivity index (χ2v) is 6.18. The lowest BCUT2D eigenvalue weighted by atomic mass is 10.1. The minimum atomic E-state index is -0.478. The van der Waals surface area contributed by atoms with Crippen LogP contribution < -0.4 is 10.6 Å². The Balaban J connectivity index is 2.35. The second kappa shape index (κ2) is 8.67. The third-order valence-electron chi connectivity index (χ3n) is 2.90. The number of rotatable bonds is 7. The molecular weight excluding hydrogens is 264 g/mol. The molecule has 0 aliphatic heterocycles. The Morgan fingerprint density at radius 3 is 2.38 bits per heavy atom. The number of carbonyl (C=O) groups excluding carboxylic acids is 1. The van der Waals surface area contributed by atoms with Gasteiger partial charge in [0.2, 0.25) is 0 Å². The van der Waals surface area contributed by atoms with Crippen LogP contribution in [0.4, 0.5) is 10.5 Å². The van der Waals surface area contributed by atoms with Crippen LogP contribution in [0.5, 0.6) is 0 Å². The molecule has 0 aliphatic rings. The van der Waals surface area contributed by atoms with Crippen molar-refractivity contribution in [3.63, 3.8) is 0 Å². The number of unbranched alkanes of at least 4 members (excludes halogenated alkanes) is 1. The fourth-order valence-electron chi connectivity index (χ4n) is 1.84. The molecule has 1 amide bonds. The summed E-state index contributed by atoms with van der Waals surface area (Å²) in [5, 5.41) is 6.15. The maximum Gasteiger partial charge on any atom is 0.412 e. The predicted octanol–water partition coefficient (Wildman–Crippen LogP) is 3.97. The van der Waals surface area contributed by atoms with Gasteiger partial charge < -0.3 is 10.1 Å². The van der Waals surface area contributed by atoms with Crippen LogP contribution in [-0.2, 0) is 11.2 Å². The molecule has 0 heterocycles. The van der Waals surface area contributed by atoms with Gasteiger partial charge in [0.05, 0.1) is 0 Å². The molecule has 2 N–H and O–H groups in total. The van der Waals surface area contributed by atoms with Crippen molar-refractivity contribution in [2.45, 2.75) is 52.6 Å². The third kappa shape index (κ3) is 8.35. The normalized spacial score (nSPS) is 11.2. The van der Waals surface area contributed by atoms with Crippen molar-refractivity contribution in [2.24, 2.45) is 0 Å². The first-order chi connectivity index (χ1) is 9.90. The number of benzene rings is 1. The molecule has 0 saturated carbocycles. The van der Waals surface area contributed by atoms with Gasteiger partial charge in [0.1, 0.15) is 5.60 Å². The summed E-state index contributed by atoms with van der Waals surface area (Å²) < 4.78 is 5.21. The van der Waals surface area contributed by atoms with Crippen molar-refractivity contribution < 1.29 is 9.53 Å². The second-order valence-electron chi connectivity index (χ2n) is 6.18. The molecule has 0 atom stereocenters. The molecule has 1 aromatic rings. The zero-order valence-corrected chi connectivity index (χ0v) is 13.7. The van der Waals surface area contributed by atoms with E-state index in [9.17, 15) is 4.79 Å². The topological polar surface area (TPSA) is 50.4 Å². The Morgan fingerprint density at radius 1 is 1.14 bits per heavy atom. The number of ether oxygens (including phenoxy) is 1. The van der Waals surface area contributed by atoms with E-state index in [1.807, 2.05) is 45.0 Å². The van der Waals surface area contributed by atoms with Crippen molar-refractivity contribution in [2.75, 3.05) is 18.4 Å². The summed E-state index contributed by atoms with van der Waals surface area (Å²) >= 11 is 0. The van der Waals surface area contributed by atoms with E-state index in [0.29, 0.717) is 0 Å². The molecule has 0 radical (unpaired) electrons. The van der Waals surface area contributed by atoms with E-state index in [1.54, 1.807) is 0 Å². The summed E-state index contributed by atoms with van der Waals surface area (Å²) in [6, 6.07) is 7.89. The Morgan fingerprint density at radius 2 is 1.81 bits per heavy atom. The van der Waals surface area contributed by atoms with Crippen molar-refractivity contribution in [1.29, 1.82) is 0 Å². The summed E-state index contributed by atoms with van der Waals surface area (Å²) in [5.41, 5.74) is 1.54. The lowest BCUT2D eigenvalue weighted by molar-refractivity contribution is 0.0636. The molecule has 1 aromatic carbocycles. The highest BCUT2D eigenvalue weighted by atomic mass is 16.6. The van der Waals surface area contributed by atoms with E-state index in [1.165, 1.54) is 18.4 Å². The van der Waals surface area contributed by atoms with Gasteiger partial charge >= 0.3 is 6.09 Å². The third-order valence-corrected chi connectivity index (χ3v) is 2.90. The number of amides is 1. The minimum Gasteiger partial charge on any atom is -0.444 e. The predicted molar refractivity (Wildman–Crippen MR) is 87.8 cm³/mol. The fourth-order valence-corrected chi connectivity index (χ4v) is 1.84. The first-order valence-corrected chi connectivity index (χ1v) is 7.70. The van der Waals surface area contributed by atoms with Crippen LogP contribution in [0.25, 0.3) is 0 Å². The largest absolute Gasteiger partial charge is 0.444 e. The SMILES string of the molecule is CCCCNCCc1ccc(NC(=O)OC(C)(C)C)cc1. The molecule has 4 nitrogen and oxygen atoms in total. The zero-order valence-electron chi connectivity index (χ0n) is 13.7. The quantitative estimate of drug-likeness (QED) is 0.748. The summed E-state index contributed by atoms with van der Waals surface area (Å²) in [6.45, 7) is 9.80. The van der Waals surface area contributed by atoms with Crippen molar-refractivity contribution >= 4 is 11.8 Å². The maximum atomic E-state index is 11.6. The van der Waals surface area contributed by atoms with E-state index < -0.39 is 11.7 Å². The summed E-state index contributed by atoms with van der Waals surface area (Å²) in [7, 11) is 0. The van der Waals surface area contributed by atoms with Crippen molar-refractivity contribution in [1.82, 2.24) is 5.32 Å². The Bertz CT molecular complexity index is 421. The van der Waals surface area contributed by atoms with Gasteiger partial charge in [0.15, 0.2) is 0 Å². The van der Waals surface area contributed by atoms with E-state index in [4.69, 9.17) is 4.74 Å². The van der Waals surface area contributed by atoms with Gasteiger partial charge in [0.25, 0.3) is 0 Å². The molecule has 21 heavy (non-hydrogen) atoms. The zero-order chi connectivity index (χ0) is 15.7. The van der Waals surface area contributed by atoms with E-state index in [2.05, 4.69) is 17.6 Å². The molecule has 0 unspecified atom stereocenters. The monoisotopic (exact) mass is 292 g/mol. The number of hydrogen-bond acceptors (Lipinski definition) is 3. The van der Waals surface area contributed by atoms with Crippen molar-refractivity contribution in [3.8, 4) is 0 Å². The minimum absolute atomic E-state index is 0.420. The van der Waals surface area contributed by atoms with Gasteiger partial charge in [0, 0.05) is 5.69 Å². The average molecular weight is 292 g/mol. The number of anilines is 1. The van der Waals surface area contributed by atoms with Crippen LogP contribution in [-0.4, -0.2) is 24.8 Å². The lowest BCUT2D eigenvalue weighted by Crippen LogP contribution is -2.27. The molecule has 0 fully saturated rings. The van der Waals surface area contributed by atoms with Crippen molar-refractivity contribution in [3.05, 3.63) is 29.8 Å². The van der Waals surface area contributed by atoms with Gasteiger partial charge in [-0.2, -0.15) is 0 Å². The standard InChI is InChI=1S/C17H28N2O2/c1-5-6-12-18-13-11-14-7-9-15(10-8-14)19-16(20)21-17(2,3)4/h7-10,18H,5-6,11-13H2,1-4H3,(H,19,20). The number of nitrogens with one attached hydrogen (secondary N) is 2. The van der Waals surface area contributed by atoms with Crippen LogP contribution in [0, 0.1) is 0 Å². The number of hydrogen-bond donors (Lipinski definition) is 2. The van der Waals surface area contributed by atoms with E-state index in [-0.39, 0.29) is 0 Å². The van der Waals surface area contributed by atoms with Crippen LogP contribution >= 0.6 is 0 Å². The maximum absolute atomic E-state index is 11.6. The Labute approximate surface area is 128 Å².